The Kier molecular flexibility index (Phi) is 5.51. The predicted molar refractivity (Wildman–Crippen MR) is 73.8 cm³/mol. The van der Waals surface area contributed by atoms with E-state index >= 15 is 0 Å². The molecule has 0 aromatic heterocycles. The second-order valence-corrected chi connectivity index (χ2v) is 5.47. The molecular weight excluding hydrogens is 229 g/mol. The molecule has 3 heteroatoms. The van der Waals surface area contributed by atoms with Crippen molar-refractivity contribution in [3.05, 3.63) is 41.7 Å². The van der Waals surface area contributed by atoms with Crippen LogP contribution in [0.3, 0.4) is 0 Å². The van der Waals surface area contributed by atoms with E-state index in [1.54, 1.807) is 12.1 Å². The number of hydrogen-bond donors (Lipinski definition) is 1. The molecule has 0 unspecified atom stereocenters. The van der Waals surface area contributed by atoms with Gasteiger partial charge >= 0.3 is 0 Å². The van der Waals surface area contributed by atoms with Gasteiger partial charge in [-0.05, 0) is 24.7 Å². The van der Waals surface area contributed by atoms with Gasteiger partial charge in [0.05, 0.1) is 0 Å². The molecule has 0 saturated carbocycles. The molecule has 0 aliphatic carbocycles. The van der Waals surface area contributed by atoms with Crippen molar-refractivity contribution in [2.75, 3.05) is 26.7 Å². The lowest BCUT2D eigenvalue weighted by Gasteiger charge is -2.27. The van der Waals surface area contributed by atoms with Crippen LogP contribution >= 0.6 is 0 Å². The molecule has 0 saturated heterocycles. The van der Waals surface area contributed by atoms with Crippen LogP contribution in [-0.2, 0) is 0 Å². The first kappa shape index (κ1) is 14.9. The largest absolute Gasteiger partial charge is 0.396 e. The summed E-state index contributed by atoms with van der Waals surface area (Å²) in [6.07, 6.45) is 4.02. The van der Waals surface area contributed by atoms with E-state index in [0.717, 1.165) is 18.7 Å². The van der Waals surface area contributed by atoms with Gasteiger partial charge in [0.15, 0.2) is 0 Å². The van der Waals surface area contributed by atoms with Gasteiger partial charge in [0, 0.05) is 25.1 Å². The smallest absolute Gasteiger partial charge is 0.123 e. The molecule has 0 spiro atoms. The van der Waals surface area contributed by atoms with Gasteiger partial charge in [0.25, 0.3) is 0 Å². The fraction of sp³-hybridized carbons (Fsp3) is 0.467. The first-order chi connectivity index (χ1) is 8.43. The van der Waals surface area contributed by atoms with Crippen LogP contribution < -0.4 is 0 Å². The highest BCUT2D eigenvalue weighted by Gasteiger charge is 2.17. The van der Waals surface area contributed by atoms with Crippen LogP contribution in [0.2, 0.25) is 0 Å². The van der Waals surface area contributed by atoms with E-state index in [-0.39, 0.29) is 17.8 Å². The van der Waals surface area contributed by atoms with Crippen molar-refractivity contribution in [2.24, 2.45) is 5.41 Å². The highest BCUT2D eigenvalue weighted by molar-refractivity contribution is 5.48. The van der Waals surface area contributed by atoms with Crippen LogP contribution in [0.1, 0.15) is 19.4 Å². The van der Waals surface area contributed by atoms with Crippen molar-refractivity contribution in [2.45, 2.75) is 13.8 Å². The van der Waals surface area contributed by atoms with Crippen LogP contribution in [0, 0.1) is 11.2 Å². The Hall–Kier alpha value is -1.19. The van der Waals surface area contributed by atoms with Crippen LogP contribution in [0.15, 0.2) is 30.3 Å². The molecule has 0 atom stereocenters. The lowest BCUT2D eigenvalue weighted by atomic mass is 9.94. The molecular formula is C15H22FNO. The van der Waals surface area contributed by atoms with Crippen LogP contribution in [-0.4, -0.2) is 36.8 Å². The third kappa shape index (κ3) is 5.43. The van der Waals surface area contributed by atoms with Crippen LogP contribution in [0.4, 0.5) is 4.39 Å². The predicted octanol–water partition coefficient (Wildman–Crippen LogP) is 2.79. The minimum Gasteiger partial charge on any atom is -0.396 e. The van der Waals surface area contributed by atoms with Gasteiger partial charge in [-0.1, -0.05) is 38.1 Å². The molecule has 100 valence electrons. The Bertz CT molecular complexity index is 384. The van der Waals surface area contributed by atoms with E-state index in [0.29, 0.717) is 0 Å². The molecule has 1 aromatic rings. The van der Waals surface area contributed by atoms with Gasteiger partial charge in [-0.15, -0.1) is 0 Å². The second kappa shape index (κ2) is 6.66. The average molecular weight is 251 g/mol. The molecule has 0 radical (unpaired) electrons. The van der Waals surface area contributed by atoms with E-state index in [1.165, 1.54) is 12.1 Å². The lowest BCUT2D eigenvalue weighted by Crippen LogP contribution is -2.33. The molecule has 1 aromatic carbocycles. The summed E-state index contributed by atoms with van der Waals surface area (Å²) in [6.45, 7) is 5.89. The van der Waals surface area contributed by atoms with Crippen molar-refractivity contribution in [1.82, 2.24) is 4.90 Å². The van der Waals surface area contributed by atoms with Crippen molar-refractivity contribution < 1.29 is 9.50 Å². The van der Waals surface area contributed by atoms with Crippen molar-refractivity contribution >= 4 is 6.08 Å². The quantitative estimate of drug-likeness (QED) is 0.840. The molecule has 1 rings (SSSR count). The van der Waals surface area contributed by atoms with Gasteiger partial charge in [-0.2, -0.15) is 0 Å². The highest BCUT2D eigenvalue weighted by atomic mass is 19.1. The van der Waals surface area contributed by atoms with Crippen molar-refractivity contribution in [1.29, 1.82) is 0 Å². The summed E-state index contributed by atoms with van der Waals surface area (Å²) in [5.74, 6) is -0.214. The second-order valence-electron chi connectivity index (χ2n) is 5.47. The number of rotatable bonds is 6. The van der Waals surface area contributed by atoms with E-state index in [2.05, 4.69) is 4.90 Å². The number of aliphatic hydroxyl groups excluding tert-OH is 1. The normalized spacial score (nSPS) is 12.6. The zero-order chi connectivity index (χ0) is 13.6. The number of halogens is 1. The maximum absolute atomic E-state index is 12.7. The summed E-state index contributed by atoms with van der Waals surface area (Å²) in [6, 6.07) is 6.42. The fourth-order valence-electron chi connectivity index (χ4n) is 1.79. The number of benzene rings is 1. The number of aliphatic hydroxyl groups is 1. The van der Waals surface area contributed by atoms with E-state index in [9.17, 15) is 9.50 Å². The molecule has 0 aliphatic heterocycles. The minimum absolute atomic E-state index is 0.0849. The number of nitrogens with zero attached hydrogens (tertiary/aromatic N) is 1. The Labute approximate surface area is 109 Å². The van der Waals surface area contributed by atoms with Crippen molar-refractivity contribution in [3.63, 3.8) is 0 Å². The average Bonchev–Trinajstić information content (AvgIpc) is 2.31. The summed E-state index contributed by atoms with van der Waals surface area (Å²) in [5.41, 5.74) is 0.907. The van der Waals surface area contributed by atoms with Gasteiger partial charge in [-0.3, -0.25) is 0 Å². The SMILES string of the molecule is CN(CC=Cc1ccc(F)cc1)CC(C)(C)CO. The van der Waals surface area contributed by atoms with E-state index in [1.807, 2.05) is 33.0 Å². The summed E-state index contributed by atoms with van der Waals surface area (Å²) in [7, 11) is 2.02. The van der Waals surface area contributed by atoms with Crippen LogP contribution in [0.25, 0.3) is 6.08 Å². The van der Waals surface area contributed by atoms with E-state index < -0.39 is 0 Å². The van der Waals surface area contributed by atoms with Crippen molar-refractivity contribution in [3.8, 4) is 0 Å². The van der Waals surface area contributed by atoms with Gasteiger partial charge in [0.1, 0.15) is 5.82 Å². The third-order valence-corrected chi connectivity index (χ3v) is 2.72. The number of likely N-dealkylation sites (N-methyl/N-ethyl adjacent to an activating group) is 1. The molecule has 2 nitrogen and oxygen atoms in total. The zero-order valence-corrected chi connectivity index (χ0v) is 11.4. The fourth-order valence-corrected chi connectivity index (χ4v) is 1.79. The molecule has 0 bridgehead atoms. The third-order valence-electron chi connectivity index (χ3n) is 2.72. The minimum atomic E-state index is -0.214. The maximum Gasteiger partial charge on any atom is 0.123 e. The summed E-state index contributed by atoms with van der Waals surface area (Å²) >= 11 is 0. The summed E-state index contributed by atoms with van der Waals surface area (Å²) in [5, 5.41) is 9.19. The first-order valence-electron chi connectivity index (χ1n) is 6.14. The van der Waals surface area contributed by atoms with Gasteiger partial charge in [-0.25, -0.2) is 4.39 Å². The molecule has 1 N–H and O–H groups in total. The topological polar surface area (TPSA) is 23.5 Å². The Balaban J connectivity index is 2.42. The zero-order valence-electron chi connectivity index (χ0n) is 11.4. The first-order valence-corrected chi connectivity index (χ1v) is 6.14. The molecule has 18 heavy (non-hydrogen) atoms. The lowest BCUT2D eigenvalue weighted by molar-refractivity contribution is 0.120. The van der Waals surface area contributed by atoms with E-state index in [4.69, 9.17) is 0 Å². The monoisotopic (exact) mass is 251 g/mol. The summed E-state index contributed by atoms with van der Waals surface area (Å²) in [4.78, 5) is 2.15. The number of hydrogen-bond acceptors (Lipinski definition) is 2. The standard InChI is InChI=1S/C15H22FNO/c1-15(2,12-18)11-17(3)10-4-5-13-6-8-14(16)9-7-13/h4-9,18H,10-12H2,1-3H3. The van der Waals surface area contributed by atoms with Gasteiger partial charge in [0.2, 0.25) is 0 Å². The Morgan fingerprint density at radius 3 is 2.44 bits per heavy atom. The van der Waals surface area contributed by atoms with Crippen LogP contribution in [0.5, 0.6) is 0 Å². The Morgan fingerprint density at radius 2 is 1.89 bits per heavy atom. The summed E-state index contributed by atoms with van der Waals surface area (Å²) < 4.78 is 12.7. The Morgan fingerprint density at radius 1 is 1.28 bits per heavy atom. The maximum atomic E-state index is 12.7. The molecule has 0 heterocycles. The molecule has 0 amide bonds. The van der Waals surface area contributed by atoms with Gasteiger partial charge < -0.3 is 10.0 Å². The molecule has 0 aliphatic rings. The highest BCUT2D eigenvalue weighted by Crippen LogP contribution is 2.14. The molecule has 0 fully saturated rings.